The standard InChI is InChI=1S/C10H9.C9H7.C3H8Si.2ClH.Zr/c1-8-6-9-4-2-3-5-10(9)7-8;1-2-5-9-7-3-6-8(9)4-1;1-2-3-4;;;/h2-7H,1H3;1-7H;4H,2-3H2,1H3;2*1H;/q2*-1;;;;+2/p-2. The van der Waals surface area contributed by atoms with Gasteiger partial charge in [0.25, 0.3) is 0 Å². The fourth-order valence-corrected chi connectivity index (χ4v) is 4.94. The van der Waals surface area contributed by atoms with E-state index in [-0.39, 0.29) is 24.8 Å². The quantitative estimate of drug-likeness (QED) is 0.284. The largest absolute Gasteiger partial charge is 1.00 e. The Balaban J connectivity index is 0.000000367. The molecule has 0 saturated heterocycles. The first-order valence-corrected chi connectivity index (χ1v) is 14.1. The van der Waals surface area contributed by atoms with E-state index in [1.807, 2.05) is 0 Å². The summed E-state index contributed by atoms with van der Waals surface area (Å²) in [6, 6.07) is 29.0. The molecule has 4 rings (SSSR count). The minimum absolute atomic E-state index is 0. The van der Waals surface area contributed by atoms with Crippen LogP contribution < -0.4 is 24.8 Å². The van der Waals surface area contributed by atoms with E-state index in [1.54, 1.807) is 23.3 Å². The third-order valence-electron chi connectivity index (χ3n) is 3.74. The molecule has 4 aromatic carbocycles. The first kappa shape index (κ1) is 25.3. The molecule has 26 heavy (non-hydrogen) atoms. The van der Waals surface area contributed by atoms with Crippen LogP contribution in [0.25, 0.3) is 21.5 Å². The van der Waals surface area contributed by atoms with E-state index >= 15 is 0 Å². The topological polar surface area (TPSA) is 0 Å². The number of halogens is 2. The van der Waals surface area contributed by atoms with Crippen molar-refractivity contribution < 1.29 is 48.1 Å². The molecule has 4 heteroatoms. The van der Waals surface area contributed by atoms with Gasteiger partial charge < -0.3 is 24.8 Å². The monoisotopic (exact) mass is 476 g/mol. The predicted molar refractivity (Wildman–Crippen MR) is 106 cm³/mol. The van der Waals surface area contributed by atoms with Crippen LogP contribution >= 0.6 is 0 Å². The van der Waals surface area contributed by atoms with Gasteiger partial charge >= 0.3 is 48.9 Å². The van der Waals surface area contributed by atoms with Crippen molar-refractivity contribution in [3.8, 4) is 0 Å². The summed E-state index contributed by atoms with van der Waals surface area (Å²) in [5, 5.41) is 5.36. The average Bonchev–Trinajstić information content (AvgIpc) is 3.21. The van der Waals surface area contributed by atoms with Gasteiger partial charge in [0.1, 0.15) is 0 Å². The van der Waals surface area contributed by atoms with E-state index in [2.05, 4.69) is 92.7 Å². The van der Waals surface area contributed by atoms with Gasteiger partial charge in [-0.15, -0.1) is 70.3 Å². The fourth-order valence-electron chi connectivity index (χ4n) is 2.52. The molecule has 4 aromatic rings. The molecule has 0 saturated carbocycles. The van der Waals surface area contributed by atoms with Gasteiger partial charge in [0.15, 0.2) is 0 Å². The van der Waals surface area contributed by atoms with E-state index in [4.69, 9.17) is 0 Å². The van der Waals surface area contributed by atoms with Gasteiger partial charge in [-0.25, -0.2) is 0 Å². The van der Waals surface area contributed by atoms with E-state index in [0.717, 1.165) is 6.16 Å². The van der Waals surface area contributed by atoms with E-state index in [9.17, 15) is 0 Å². The van der Waals surface area contributed by atoms with Crippen LogP contribution in [0.1, 0.15) is 18.9 Å². The van der Waals surface area contributed by atoms with E-state index in [0.29, 0.717) is 0 Å². The van der Waals surface area contributed by atoms with Crippen molar-refractivity contribution in [2.24, 2.45) is 0 Å². The maximum absolute atomic E-state index is 2.25. The zero-order valence-corrected chi connectivity index (χ0v) is 20.4. The predicted octanol–water partition coefficient (Wildman–Crippen LogP) is 0.147. The van der Waals surface area contributed by atoms with Crippen LogP contribution in [0.15, 0.2) is 78.9 Å². The third kappa shape index (κ3) is 8.35. The summed E-state index contributed by atoms with van der Waals surface area (Å²) in [5.41, 5.74) is 1.35. The first-order valence-electron chi connectivity index (χ1n) is 8.46. The molecule has 0 heterocycles. The number of aryl methyl sites for hydroxylation is 1. The number of fused-ring (bicyclic) bond motifs is 2. The Morgan fingerprint density at radius 1 is 0.885 bits per heavy atom. The summed E-state index contributed by atoms with van der Waals surface area (Å²) < 4.78 is 0. The minimum atomic E-state index is 0. The van der Waals surface area contributed by atoms with Gasteiger partial charge in [-0.05, 0) is 0 Å². The SMILES string of the molecule is CCC[SiH]=[Zr+2].Cc1cc2ccccc2[cH-]1.[Cl-].[Cl-].c1ccc2[cH-]ccc2c1. The maximum Gasteiger partial charge on any atom is -0.0579 e. The number of rotatable bonds is 2. The molecule has 136 valence electrons. The number of hydrogen-bond donors (Lipinski definition) is 0. The smallest absolute Gasteiger partial charge is 0.0579 e. The first-order chi connectivity index (χ1) is 11.7. The van der Waals surface area contributed by atoms with Gasteiger partial charge in [-0.2, -0.15) is 23.6 Å². The summed E-state index contributed by atoms with van der Waals surface area (Å²) in [5.74, 6) is 0. The van der Waals surface area contributed by atoms with Crippen molar-refractivity contribution in [2.75, 3.05) is 0 Å². The minimum Gasteiger partial charge on any atom is -1.00 e. The van der Waals surface area contributed by atoms with Crippen LogP contribution in [0.4, 0.5) is 0 Å². The molecule has 0 bridgehead atoms. The maximum atomic E-state index is 2.25. The molecule has 0 amide bonds. The van der Waals surface area contributed by atoms with Gasteiger partial charge in [-0.3, -0.25) is 0 Å². The third-order valence-corrected chi connectivity index (χ3v) is 6.74. The van der Waals surface area contributed by atoms with E-state index in [1.165, 1.54) is 39.6 Å². The van der Waals surface area contributed by atoms with Crippen molar-refractivity contribution >= 4 is 27.7 Å². The van der Waals surface area contributed by atoms with Crippen LogP contribution in [0.3, 0.4) is 0 Å². The molecule has 0 radical (unpaired) electrons. The van der Waals surface area contributed by atoms with Crippen molar-refractivity contribution in [1.82, 2.24) is 0 Å². The summed E-state index contributed by atoms with van der Waals surface area (Å²) in [6.45, 7) is 4.37. The second kappa shape index (κ2) is 14.4. The number of benzene rings is 2. The Bertz CT molecular complexity index is 817. The molecule has 0 aliphatic heterocycles. The van der Waals surface area contributed by atoms with Crippen molar-refractivity contribution in [3.63, 3.8) is 0 Å². The van der Waals surface area contributed by atoms with Crippen LogP contribution in [0.2, 0.25) is 6.04 Å². The normalized spacial score (nSPS) is 9.08. The van der Waals surface area contributed by atoms with Crippen molar-refractivity contribution in [2.45, 2.75) is 26.3 Å². The van der Waals surface area contributed by atoms with Crippen molar-refractivity contribution in [1.29, 1.82) is 0 Å². The van der Waals surface area contributed by atoms with Crippen LogP contribution in [-0.2, 0) is 23.3 Å². The Morgan fingerprint density at radius 3 is 2.04 bits per heavy atom. The molecule has 0 nitrogen and oxygen atoms in total. The second-order valence-corrected chi connectivity index (χ2v) is 9.81. The molecule has 0 aliphatic rings. The van der Waals surface area contributed by atoms with Gasteiger partial charge in [0.2, 0.25) is 0 Å². The Kier molecular flexibility index (Phi) is 14.0. The zero-order chi connectivity index (χ0) is 17.2. The van der Waals surface area contributed by atoms with Gasteiger partial charge in [0.05, 0.1) is 0 Å². The fraction of sp³-hybridized carbons (Fsp3) is 0.182. The summed E-state index contributed by atoms with van der Waals surface area (Å²) in [4.78, 5) is 0. The molecule has 0 spiro atoms. The van der Waals surface area contributed by atoms with E-state index < -0.39 is 0 Å². The Morgan fingerprint density at radius 2 is 1.50 bits per heavy atom. The molecule has 0 unspecified atom stereocenters. The summed E-state index contributed by atoms with van der Waals surface area (Å²) in [7, 11) is 0. The molecule has 0 N–H and O–H groups in total. The number of hydrogen-bond acceptors (Lipinski definition) is 0. The van der Waals surface area contributed by atoms with Gasteiger partial charge in [0, 0.05) is 0 Å². The molecule has 0 atom stereocenters. The van der Waals surface area contributed by atoms with Crippen LogP contribution in [0.5, 0.6) is 0 Å². The average molecular weight is 479 g/mol. The van der Waals surface area contributed by atoms with Crippen LogP contribution in [0, 0.1) is 6.92 Å². The molecule has 0 aromatic heterocycles. The molecule has 0 aliphatic carbocycles. The molecule has 0 fully saturated rings. The summed E-state index contributed by atoms with van der Waals surface area (Å²) >= 11 is 1.77. The summed E-state index contributed by atoms with van der Waals surface area (Å²) in [6.07, 6.45) is 2.28. The zero-order valence-electron chi connectivity index (χ0n) is 15.3. The molecular formula is C22H24Cl2SiZr-2. The Labute approximate surface area is 185 Å². The van der Waals surface area contributed by atoms with Crippen LogP contribution in [-0.4, -0.2) is 6.16 Å². The second-order valence-electron chi connectivity index (χ2n) is 5.81. The van der Waals surface area contributed by atoms with Crippen molar-refractivity contribution in [3.05, 3.63) is 84.4 Å². The Hall–Kier alpha value is -0.660. The molecular weight excluding hydrogens is 454 g/mol. The van der Waals surface area contributed by atoms with Gasteiger partial charge in [-0.1, -0.05) is 19.1 Å².